The molecule has 3 N–H and O–H groups in total. The third-order valence-corrected chi connectivity index (χ3v) is 8.37. The van der Waals surface area contributed by atoms with Crippen LogP contribution in [0.1, 0.15) is 6.42 Å². The van der Waals surface area contributed by atoms with Gasteiger partial charge in [-0.25, -0.2) is 26.9 Å². The van der Waals surface area contributed by atoms with Crippen LogP contribution >= 0.6 is 0 Å². The Morgan fingerprint density at radius 1 is 1.02 bits per heavy atom. The number of aromatic amines is 1. The van der Waals surface area contributed by atoms with E-state index in [-0.39, 0.29) is 29.0 Å². The number of ether oxygens (including phenoxy) is 1. The Kier molecular flexibility index (Phi) is 8.71. The summed E-state index contributed by atoms with van der Waals surface area (Å²) in [5, 5.41) is 18.0. The fourth-order valence-electron chi connectivity index (χ4n) is 4.67. The topological polar surface area (TPSA) is 157 Å². The van der Waals surface area contributed by atoms with Crippen LogP contribution in [0.5, 0.6) is 5.88 Å². The first kappa shape index (κ1) is 31.0. The lowest BCUT2D eigenvalue weighted by molar-refractivity contribution is -0.116. The van der Waals surface area contributed by atoms with E-state index >= 15 is 8.78 Å². The van der Waals surface area contributed by atoms with E-state index in [0.717, 1.165) is 22.4 Å². The summed E-state index contributed by atoms with van der Waals surface area (Å²) in [4.78, 5) is 15.5. The van der Waals surface area contributed by atoms with Crippen molar-refractivity contribution in [1.82, 2.24) is 35.5 Å². The highest BCUT2D eigenvalue weighted by molar-refractivity contribution is 7.92. The second-order valence-corrected chi connectivity index (χ2v) is 11.8. The molecule has 3 aromatic carbocycles. The molecular formula is C32H26F2N8O4S. The molecule has 0 atom stereocenters. The number of anilines is 1. The Bertz CT molecular complexity index is 2200. The van der Waals surface area contributed by atoms with Crippen LogP contribution < -0.4 is 14.8 Å². The summed E-state index contributed by atoms with van der Waals surface area (Å²) < 4.78 is 66.1. The lowest BCUT2D eigenvalue weighted by Gasteiger charge is -2.13. The number of H-pyrrole nitrogens is 1. The van der Waals surface area contributed by atoms with Crippen molar-refractivity contribution in [3.05, 3.63) is 109 Å². The van der Waals surface area contributed by atoms with Gasteiger partial charge in [-0.2, -0.15) is 0 Å². The number of rotatable bonds is 12. The van der Waals surface area contributed by atoms with Gasteiger partial charge in [-0.1, -0.05) is 54.3 Å². The number of carbonyl (C=O) groups is 1. The first-order valence-electron chi connectivity index (χ1n) is 14.2. The average Bonchev–Trinajstić information content (AvgIpc) is 3.74. The number of hydrogen-bond acceptors (Lipinski definition) is 8. The van der Waals surface area contributed by atoms with Crippen molar-refractivity contribution in [3.63, 3.8) is 0 Å². The third-order valence-electron chi connectivity index (χ3n) is 7.01. The molecule has 12 nitrogen and oxygen atoms in total. The smallest absolute Gasteiger partial charge is 0.262 e. The lowest BCUT2D eigenvalue weighted by atomic mass is 10.1. The number of nitrogens with one attached hydrogen (secondary N) is 3. The molecule has 0 fully saturated rings. The number of fused-ring (bicyclic) bond motifs is 1. The summed E-state index contributed by atoms with van der Waals surface area (Å²) in [6.45, 7) is 4.04. The van der Waals surface area contributed by atoms with Crippen molar-refractivity contribution >= 4 is 32.7 Å². The molecule has 3 heterocycles. The van der Waals surface area contributed by atoms with Crippen molar-refractivity contribution in [3.8, 4) is 34.0 Å². The van der Waals surface area contributed by atoms with Crippen molar-refractivity contribution in [2.24, 2.45) is 0 Å². The minimum Gasteiger partial charge on any atom is -0.476 e. The molecule has 1 amide bonds. The summed E-state index contributed by atoms with van der Waals surface area (Å²) in [6, 6.07) is 19.0. The van der Waals surface area contributed by atoms with Crippen molar-refractivity contribution in [2.45, 2.75) is 11.3 Å². The molecule has 0 aliphatic carbocycles. The molecule has 6 aromatic rings. The molecule has 0 unspecified atom stereocenters. The number of aromatic nitrogens is 6. The Hall–Kier alpha value is -5.96. The fourth-order valence-corrected chi connectivity index (χ4v) is 5.77. The second kappa shape index (κ2) is 13.2. The SMILES string of the molecule is C=CC(=O)NCCCOc1n[nH]c2ncc(-c3cn(-c4c(F)ccc(NS(=O)(=O)c5cccc(-c6ccccc6)c5)c4F)nn3)cc12. The number of amides is 1. The monoisotopic (exact) mass is 656 g/mol. The molecule has 238 valence electrons. The Morgan fingerprint density at radius 3 is 2.64 bits per heavy atom. The lowest BCUT2D eigenvalue weighted by Crippen LogP contribution is -2.23. The van der Waals surface area contributed by atoms with Crippen LogP contribution in [0.2, 0.25) is 0 Å². The molecule has 0 aliphatic heterocycles. The number of halogens is 2. The van der Waals surface area contributed by atoms with Crippen LogP contribution in [0.4, 0.5) is 14.5 Å². The fraction of sp³-hybridized carbons (Fsp3) is 0.0938. The number of hydrogen-bond donors (Lipinski definition) is 3. The quantitative estimate of drug-likeness (QED) is 0.122. The molecule has 15 heteroatoms. The number of carbonyl (C=O) groups excluding carboxylic acids is 1. The first-order valence-corrected chi connectivity index (χ1v) is 15.7. The van der Waals surface area contributed by atoms with E-state index in [1.807, 2.05) is 30.3 Å². The molecule has 3 aromatic heterocycles. The van der Waals surface area contributed by atoms with Crippen LogP contribution in [-0.4, -0.2) is 57.7 Å². The van der Waals surface area contributed by atoms with Gasteiger partial charge in [0.2, 0.25) is 11.8 Å². The van der Waals surface area contributed by atoms with E-state index in [1.165, 1.54) is 30.6 Å². The minimum absolute atomic E-state index is 0.0999. The number of pyridine rings is 1. The highest BCUT2D eigenvalue weighted by Gasteiger charge is 2.23. The Balaban J connectivity index is 1.22. The molecular weight excluding hydrogens is 630 g/mol. The molecule has 47 heavy (non-hydrogen) atoms. The van der Waals surface area contributed by atoms with Gasteiger partial charge in [0.15, 0.2) is 17.3 Å². The number of sulfonamides is 1. The maximum Gasteiger partial charge on any atom is 0.262 e. The highest BCUT2D eigenvalue weighted by atomic mass is 32.2. The van der Waals surface area contributed by atoms with Crippen LogP contribution in [0.25, 0.3) is 39.1 Å². The first-order chi connectivity index (χ1) is 22.7. The van der Waals surface area contributed by atoms with E-state index in [2.05, 4.69) is 42.1 Å². The van der Waals surface area contributed by atoms with Gasteiger partial charge in [-0.15, -0.1) is 10.2 Å². The molecule has 0 saturated heterocycles. The van der Waals surface area contributed by atoms with E-state index in [9.17, 15) is 13.2 Å². The third kappa shape index (κ3) is 6.69. The van der Waals surface area contributed by atoms with Crippen molar-refractivity contribution < 1.29 is 26.7 Å². The maximum absolute atomic E-state index is 15.8. The van der Waals surface area contributed by atoms with Crippen molar-refractivity contribution in [2.75, 3.05) is 17.9 Å². The average molecular weight is 657 g/mol. The Morgan fingerprint density at radius 2 is 1.83 bits per heavy atom. The van der Waals surface area contributed by atoms with Gasteiger partial charge in [0.25, 0.3) is 10.0 Å². The van der Waals surface area contributed by atoms with Gasteiger partial charge in [-0.05, 0) is 54.0 Å². The molecule has 6 rings (SSSR count). The van der Waals surface area contributed by atoms with E-state index in [4.69, 9.17) is 4.74 Å². The summed E-state index contributed by atoms with van der Waals surface area (Å²) in [5.74, 6) is -2.19. The van der Waals surface area contributed by atoms with Gasteiger partial charge in [0.05, 0.1) is 28.8 Å². The van der Waals surface area contributed by atoms with Crippen LogP contribution in [0, 0.1) is 11.6 Å². The Labute approximate surface area is 267 Å². The zero-order valence-corrected chi connectivity index (χ0v) is 25.3. The normalized spacial score (nSPS) is 11.4. The predicted molar refractivity (Wildman–Crippen MR) is 170 cm³/mol. The van der Waals surface area contributed by atoms with Gasteiger partial charge in [-0.3, -0.25) is 14.6 Å². The summed E-state index contributed by atoms with van der Waals surface area (Å²) in [6.07, 6.45) is 4.46. The van der Waals surface area contributed by atoms with Crippen LogP contribution in [0.3, 0.4) is 0 Å². The van der Waals surface area contributed by atoms with Gasteiger partial charge >= 0.3 is 0 Å². The zero-order valence-electron chi connectivity index (χ0n) is 24.5. The van der Waals surface area contributed by atoms with Crippen LogP contribution in [-0.2, 0) is 14.8 Å². The van der Waals surface area contributed by atoms with Crippen molar-refractivity contribution in [1.29, 1.82) is 0 Å². The van der Waals surface area contributed by atoms with Crippen LogP contribution in [0.15, 0.2) is 103 Å². The number of benzene rings is 3. The molecule has 0 spiro atoms. The highest BCUT2D eigenvalue weighted by Crippen LogP contribution is 2.30. The minimum atomic E-state index is -4.26. The van der Waals surface area contributed by atoms with E-state index < -0.39 is 33.0 Å². The summed E-state index contributed by atoms with van der Waals surface area (Å²) >= 11 is 0. The standard InChI is InChI=1S/C32H26F2N8O4S/c1-2-28(43)35-14-7-15-46-32-24-17-22(18-36-31(24)38-39-32)27-19-42(41-37-27)30-25(33)12-13-26(29(30)34)40-47(44,45)23-11-6-10-21(16-23)20-8-4-3-5-9-20/h2-6,8-13,16-19,40H,1,7,14-15H2,(H,35,43)(H,36,38,39). The second-order valence-electron chi connectivity index (χ2n) is 10.2. The summed E-state index contributed by atoms with van der Waals surface area (Å²) in [5.41, 5.74) is 1.45. The predicted octanol–water partition coefficient (Wildman–Crippen LogP) is 5.02. The number of nitrogens with zero attached hydrogens (tertiary/aromatic N) is 5. The molecule has 0 aliphatic rings. The summed E-state index contributed by atoms with van der Waals surface area (Å²) in [7, 11) is -4.26. The molecule has 0 bridgehead atoms. The van der Waals surface area contributed by atoms with Gasteiger partial charge < -0.3 is 10.1 Å². The van der Waals surface area contributed by atoms with Gasteiger partial charge in [0.1, 0.15) is 11.4 Å². The van der Waals surface area contributed by atoms with Gasteiger partial charge in [0, 0.05) is 18.3 Å². The molecule has 0 saturated carbocycles. The largest absolute Gasteiger partial charge is 0.476 e. The molecule has 0 radical (unpaired) electrons. The maximum atomic E-state index is 15.8. The van der Waals surface area contributed by atoms with E-state index in [1.54, 1.807) is 18.2 Å². The zero-order chi connectivity index (χ0) is 33.0. The van der Waals surface area contributed by atoms with E-state index in [0.29, 0.717) is 35.1 Å².